The number of hydrogen-bond acceptors (Lipinski definition) is 5. The molecule has 1 aromatic heterocycles. The second kappa shape index (κ2) is 6.19. The van der Waals surface area contributed by atoms with Gasteiger partial charge in [0.25, 0.3) is 0 Å². The van der Waals surface area contributed by atoms with Crippen LogP contribution >= 0.6 is 12.2 Å². The second-order valence-electron chi connectivity index (χ2n) is 3.43. The summed E-state index contributed by atoms with van der Waals surface area (Å²) >= 11 is 4.64. The van der Waals surface area contributed by atoms with Gasteiger partial charge in [0.15, 0.2) is 0 Å². The Labute approximate surface area is 105 Å². The van der Waals surface area contributed by atoms with E-state index in [1.807, 2.05) is 13.8 Å². The molecule has 0 aliphatic rings. The second-order valence-corrected chi connectivity index (χ2v) is 3.95. The molecule has 7 heteroatoms. The van der Waals surface area contributed by atoms with Gasteiger partial charge in [0.05, 0.1) is 22.8 Å². The number of nitrogens with zero attached hydrogens (tertiary/aromatic N) is 3. The minimum atomic E-state index is -0.328. The number of aryl methyl sites for hydroxylation is 2. The quantitative estimate of drug-likeness (QED) is 0.747. The van der Waals surface area contributed by atoms with E-state index in [9.17, 15) is 4.79 Å². The topological polar surface area (TPSA) is 93.8 Å². The SMILES string of the molecule is CCc1nnc(NC(=O)CC(N)=S)nc1CC. The number of aromatic nitrogens is 3. The highest BCUT2D eigenvalue weighted by Crippen LogP contribution is 2.06. The first-order chi connectivity index (χ1) is 8.06. The van der Waals surface area contributed by atoms with E-state index in [2.05, 4.69) is 32.7 Å². The number of amides is 1. The van der Waals surface area contributed by atoms with E-state index in [0.717, 1.165) is 24.2 Å². The van der Waals surface area contributed by atoms with Gasteiger partial charge in [-0.15, -0.1) is 10.2 Å². The Bertz CT molecular complexity index is 435. The summed E-state index contributed by atoms with van der Waals surface area (Å²) in [6.07, 6.45) is 1.50. The van der Waals surface area contributed by atoms with E-state index in [-0.39, 0.29) is 23.3 Å². The van der Waals surface area contributed by atoms with Gasteiger partial charge in [-0.25, -0.2) is 4.98 Å². The van der Waals surface area contributed by atoms with E-state index in [1.165, 1.54) is 0 Å². The largest absolute Gasteiger partial charge is 0.393 e. The molecule has 1 heterocycles. The Kier molecular flexibility index (Phi) is 4.89. The van der Waals surface area contributed by atoms with Gasteiger partial charge in [0.1, 0.15) is 0 Å². The van der Waals surface area contributed by atoms with Gasteiger partial charge in [-0.05, 0) is 12.8 Å². The van der Waals surface area contributed by atoms with Crippen molar-refractivity contribution in [3.8, 4) is 0 Å². The number of rotatable bonds is 5. The van der Waals surface area contributed by atoms with Gasteiger partial charge < -0.3 is 5.73 Å². The molecule has 1 aromatic rings. The molecule has 17 heavy (non-hydrogen) atoms. The lowest BCUT2D eigenvalue weighted by molar-refractivity contribution is -0.115. The van der Waals surface area contributed by atoms with Crippen molar-refractivity contribution in [2.24, 2.45) is 5.73 Å². The highest BCUT2D eigenvalue weighted by atomic mass is 32.1. The summed E-state index contributed by atoms with van der Waals surface area (Å²) in [6.45, 7) is 3.96. The molecule has 0 bridgehead atoms. The molecule has 0 aliphatic heterocycles. The number of nitrogens with one attached hydrogen (secondary N) is 1. The van der Waals surface area contributed by atoms with Gasteiger partial charge in [-0.3, -0.25) is 10.1 Å². The first-order valence-corrected chi connectivity index (χ1v) is 5.78. The van der Waals surface area contributed by atoms with E-state index in [4.69, 9.17) is 5.73 Å². The number of thiocarbonyl (C=S) groups is 1. The van der Waals surface area contributed by atoms with Crippen molar-refractivity contribution in [3.63, 3.8) is 0 Å². The molecule has 6 nitrogen and oxygen atoms in total. The number of nitrogens with two attached hydrogens (primary N) is 1. The lowest BCUT2D eigenvalue weighted by Gasteiger charge is -2.06. The molecule has 3 N–H and O–H groups in total. The fraction of sp³-hybridized carbons (Fsp3) is 0.500. The van der Waals surface area contributed by atoms with E-state index >= 15 is 0 Å². The number of hydrogen-bond donors (Lipinski definition) is 2. The summed E-state index contributed by atoms with van der Waals surface area (Å²) in [7, 11) is 0. The van der Waals surface area contributed by atoms with Crippen LogP contribution in [0.5, 0.6) is 0 Å². The Hall–Kier alpha value is -1.63. The van der Waals surface area contributed by atoms with E-state index in [0.29, 0.717) is 0 Å². The maximum atomic E-state index is 11.4. The summed E-state index contributed by atoms with van der Waals surface area (Å²) in [4.78, 5) is 15.7. The Morgan fingerprint density at radius 3 is 2.47 bits per heavy atom. The van der Waals surface area contributed by atoms with Crippen LogP contribution in [0.2, 0.25) is 0 Å². The number of carbonyl (C=O) groups is 1. The Balaban J connectivity index is 2.79. The molecule has 1 amide bonds. The molecule has 0 atom stereocenters. The van der Waals surface area contributed by atoms with Gasteiger partial charge in [0.2, 0.25) is 11.9 Å². The molecule has 0 fully saturated rings. The molecule has 0 saturated carbocycles. The molecule has 1 rings (SSSR count). The molecule has 0 spiro atoms. The van der Waals surface area contributed by atoms with Crippen LogP contribution in [0.4, 0.5) is 5.95 Å². The Morgan fingerprint density at radius 1 is 1.29 bits per heavy atom. The fourth-order valence-corrected chi connectivity index (χ4v) is 1.45. The average molecular weight is 253 g/mol. The van der Waals surface area contributed by atoms with E-state index < -0.39 is 0 Å². The van der Waals surface area contributed by atoms with Crippen LogP contribution in [0.25, 0.3) is 0 Å². The fourth-order valence-electron chi connectivity index (χ4n) is 1.32. The lowest BCUT2D eigenvalue weighted by atomic mass is 10.2. The lowest BCUT2D eigenvalue weighted by Crippen LogP contribution is -2.22. The molecule has 0 aromatic carbocycles. The standard InChI is InChI=1S/C10H15N5OS/c1-3-6-7(4-2)14-15-10(12-6)13-9(16)5-8(11)17/h3-5H2,1-2H3,(H2,11,17)(H,12,13,15,16). The van der Waals surface area contributed by atoms with Gasteiger partial charge >= 0.3 is 0 Å². The molecule has 92 valence electrons. The first kappa shape index (κ1) is 13.4. The zero-order valence-corrected chi connectivity index (χ0v) is 10.7. The van der Waals surface area contributed by atoms with Crippen LogP contribution in [-0.4, -0.2) is 26.1 Å². The van der Waals surface area contributed by atoms with Crippen molar-refractivity contribution in [1.82, 2.24) is 15.2 Å². The van der Waals surface area contributed by atoms with Crippen molar-refractivity contribution < 1.29 is 4.79 Å². The van der Waals surface area contributed by atoms with Crippen LogP contribution < -0.4 is 11.1 Å². The highest BCUT2D eigenvalue weighted by Gasteiger charge is 2.09. The van der Waals surface area contributed by atoms with Crippen molar-refractivity contribution >= 4 is 29.1 Å². The predicted molar refractivity (Wildman–Crippen MR) is 68.6 cm³/mol. The zero-order valence-electron chi connectivity index (χ0n) is 9.86. The van der Waals surface area contributed by atoms with Crippen LogP contribution in [0.15, 0.2) is 0 Å². The van der Waals surface area contributed by atoms with Crippen LogP contribution in [-0.2, 0) is 17.6 Å². The third-order valence-corrected chi connectivity index (χ3v) is 2.24. The third-order valence-electron chi connectivity index (χ3n) is 2.10. The molecular formula is C10H15N5OS. The summed E-state index contributed by atoms with van der Waals surface area (Å²) in [5.74, 6) is -0.133. The molecule has 0 aliphatic carbocycles. The highest BCUT2D eigenvalue weighted by molar-refractivity contribution is 7.80. The summed E-state index contributed by atoms with van der Waals surface area (Å²) in [5, 5.41) is 10.3. The van der Waals surface area contributed by atoms with Crippen LogP contribution in [0.3, 0.4) is 0 Å². The number of anilines is 1. The smallest absolute Gasteiger partial charge is 0.249 e. The third kappa shape index (κ3) is 4.03. The van der Waals surface area contributed by atoms with Crippen molar-refractivity contribution in [1.29, 1.82) is 0 Å². The van der Waals surface area contributed by atoms with Crippen LogP contribution in [0, 0.1) is 0 Å². The van der Waals surface area contributed by atoms with Crippen LogP contribution in [0.1, 0.15) is 31.7 Å². The normalized spacial score (nSPS) is 10.0. The molecule has 0 unspecified atom stereocenters. The van der Waals surface area contributed by atoms with Gasteiger partial charge in [-0.1, -0.05) is 26.1 Å². The van der Waals surface area contributed by atoms with Gasteiger partial charge in [-0.2, -0.15) is 0 Å². The minimum absolute atomic E-state index is 0.0182. The van der Waals surface area contributed by atoms with Crippen molar-refractivity contribution in [2.75, 3.05) is 5.32 Å². The van der Waals surface area contributed by atoms with Gasteiger partial charge in [0, 0.05) is 0 Å². The summed E-state index contributed by atoms with van der Waals surface area (Å²) in [6, 6.07) is 0. The predicted octanol–water partition coefficient (Wildman–Crippen LogP) is 0.611. The molecule has 0 radical (unpaired) electrons. The average Bonchev–Trinajstić information content (AvgIpc) is 2.27. The Morgan fingerprint density at radius 2 is 1.94 bits per heavy atom. The maximum Gasteiger partial charge on any atom is 0.249 e. The molecular weight excluding hydrogens is 238 g/mol. The minimum Gasteiger partial charge on any atom is -0.393 e. The summed E-state index contributed by atoms with van der Waals surface area (Å²) < 4.78 is 0. The van der Waals surface area contributed by atoms with Crippen molar-refractivity contribution in [3.05, 3.63) is 11.4 Å². The maximum absolute atomic E-state index is 11.4. The number of carbonyl (C=O) groups excluding carboxylic acids is 1. The van der Waals surface area contributed by atoms with Crippen molar-refractivity contribution in [2.45, 2.75) is 33.1 Å². The zero-order chi connectivity index (χ0) is 12.8. The molecule has 0 saturated heterocycles. The monoisotopic (exact) mass is 253 g/mol. The summed E-state index contributed by atoms with van der Waals surface area (Å²) in [5.41, 5.74) is 6.95. The van der Waals surface area contributed by atoms with E-state index in [1.54, 1.807) is 0 Å². The first-order valence-electron chi connectivity index (χ1n) is 5.37.